The Morgan fingerprint density at radius 3 is 2.47 bits per heavy atom. The van der Waals surface area contributed by atoms with Crippen molar-refractivity contribution in [3.8, 4) is 0 Å². The third kappa shape index (κ3) is 2.13. The van der Waals surface area contributed by atoms with Crippen molar-refractivity contribution in [2.75, 3.05) is 14.1 Å². The molecular weight excluding hydrogens is 214 g/mol. The monoisotopic (exact) mass is 227 g/mol. The van der Waals surface area contributed by atoms with Crippen molar-refractivity contribution in [2.45, 2.75) is 12.5 Å². The van der Waals surface area contributed by atoms with Crippen molar-refractivity contribution in [2.24, 2.45) is 0 Å². The molecule has 0 aliphatic rings. The van der Waals surface area contributed by atoms with Crippen LogP contribution in [0.25, 0.3) is 0 Å². The van der Waals surface area contributed by atoms with Gasteiger partial charge in [-0.25, -0.2) is 4.79 Å². The minimum atomic E-state index is -1.05. The first-order chi connectivity index (χ1) is 6.89. The molecule has 0 saturated carbocycles. The van der Waals surface area contributed by atoms with Gasteiger partial charge in [-0.05, 0) is 38.7 Å². The van der Waals surface area contributed by atoms with Gasteiger partial charge in [-0.2, -0.15) is 0 Å². The van der Waals surface area contributed by atoms with Crippen molar-refractivity contribution < 1.29 is 9.90 Å². The average molecular weight is 228 g/mol. The first-order valence-electron chi connectivity index (χ1n) is 4.56. The largest absolute Gasteiger partial charge is 0.480 e. The van der Waals surface area contributed by atoms with Crippen LogP contribution in [0.3, 0.4) is 0 Å². The van der Waals surface area contributed by atoms with Crippen molar-refractivity contribution in [1.29, 1.82) is 0 Å². The summed E-state index contributed by atoms with van der Waals surface area (Å²) in [7, 11) is 3.46. The molecule has 0 radical (unpaired) electrons. The van der Waals surface area contributed by atoms with Crippen molar-refractivity contribution in [1.82, 2.24) is 4.90 Å². The number of carboxylic acids is 1. The fourth-order valence-electron chi connectivity index (χ4n) is 1.36. The Kier molecular flexibility index (Phi) is 3.37. The van der Waals surface area contributed by atoms with E-state index in [9.17, 15) is 9.90 Å². The Balaban J connectivity index is 3.28. The average Bonchev–Trinajstić information content (AvgIpc) is 2.15. The highest BCUT2D eigenvalue weighted by Gasteiger charge is 2.37. The minimum Gasteiger partial charge on any atom is -0.480 e. The molecule has 0 fully saturated rings. The zero-order valence-electron chi connectivity index (χ0n) is 8.99. The normalized spacial score (nSPS) is 15.0. The number of hydrogen-bond acceptors (Lipinski definition) is 2. The fourth-order valence-corrected chi connectivity index (χ4v) is 1.55. The second kappa shape index (κ2) is 4.21. The van der Waals surface area contributed by atoms with Gasteiger partial charge < -0.3 is 5.11 Å². The summed E-state index contributed by atoms with van der Waals surface area (Å²) in [4.78, 5) is 12.9. The molecule has 0 aliphatic heterocycles. The predicted octanol–water partition coefficient (Wildman–Crippen LogP) is 2.20. The van der Waals surface area contributed by atoms with Crippen LogP contribution < -0.4 is 0 Å². The van der Waals surface area contributed by atoms with Gasteiger partial charge in [0.25, 0.3) is 0 Å². The van der Waals surface area contributed by atoms with Gasteiger partial charge >= 0.3 is 5.97 Å². The van der Waals surface area contributed by atoms with Gasteiger partial charge in [-0.15, -0.1) is 0 Å². The number of carboxylic acid groups (broad SMARTS) is 1. The molecule has 0 heterocycles. The summed E-state index contributed by atoms with van der Waals surface area (Å²) in [5.41, 5.74) is -0.377. The maximum absolute atomic E-state index is 11.3. The molecule has 1 N–H and O–H groups in total. The van der Waals surface area contributed by atoms with Crippen LogP contribution in [0.1, 0.15) is 12.5 Å². The zero-order chi connectivity index (χ0) is 11.6. The van der Waals surface area contributed by atoms with Gasteiger partial charge in [0.05, 0.1) is 0 Å². The van der Waals surface area contributed by atoms with Crippen LogP contribution in [0.5, 0.6) is 0 Å². The number of aliphatic carboxylic acids is 1. The maximum Gasteiger partial charge on any atom is 0.328 e. The molecule has 4 heteroatoms. The molecule has 0 unspecified atom stereocenters. The standard InChI is InChI=1S/C11H14ClNO2/c1-11(10(14)15,13(2)3)8-5-4-6-9(12)7-8/h4-7H,1-3H3,(H,14,15)/t11-/m0/s1. The van der Waals surface area contributed by atoms with Gasteiger partial charge in [0.1, 0.15) is 5.54 Å². The fraction of sp³-hybridized carbons (Fsp3) is 0.364. The van der Waals surface area contributed by atoms with Crippen molar-refractivity contribution >= 4 is 17.6 Å². The molecule has 0 aromatic heterocycles. The molecule has 1 atom stereocenters. The zero-order valence-corrected chi connectivity index (χ0v) is 9.75. The SMILES string of the molecule is CN(C)[C@](C)(C(=O)O)c1cccc(Cl)c1. The third-order valence-corrected chi connectivity index (χ3v) is 2.93. The number of rotatable bonds is 3. The van der Waals surface area contributed by atoms with E-state index in [0.29, 0.717) is 10.6 Å². The molecule has 0 amide bonds. The summed E-state index contributed by atoms with van der Waals surface area (Å²) in [6, 6.07) is 6.92. The first-order valence-corrected chi connectivity index (χ1v) is 4.93. The second-order valence-electron chi connectivity index (χ2n) is 3.78. The second-order valence-corrected chi connectivity index (χ2v) is 4.22. The van der Waals surface area contributed by atoms with E-state index in [1.807, 2.05) is 0 Å². The summed E-state index contributed by atoms with van der Waals surface area (Å²) >= 11 is 5.85. The lowest BCUT2D eigenvalue weighted by atomic mass is 9.91. The lowest BCUT2D eigenvalue weighted by Crippen LogP contribution is -2.45. The Morgan fingerprint density at radius 1 is 1.47 bits per heavy atom. The number of benzene rings is 1. The molecule has 0 saturated heterocycles. The number of nitrogens with zero attached hydrogens (tertiary/aromatic N) is 1. The van der Waals surface area contributed by atoms with Gasteiger partial charge in [-0.3, -0.25) is 4.90 Å². The molecule has 3 nitrogen and oxygen atoms in total. The highest BCUT2D eigenvalue weighted by Crippen LogP contribution is 2.28. The molecular formula is C11H14ClNO2. The van der Waals surface area contributed by atoms with Gasteiger partial charge in [0, 0.05) is 5.02 Å². The van der Waals surface area contributed by atoms with Crippen LogP contribution in [0.15, 0.2) is 24.3 Å². The Hall–Kier alpha value is -1.06. The highest BCUT2D eigenvalue weighted by atomic mass is 35.5. The highest BCUT2D eigenvalue weighted by molar-refractivity contribution is 6.30. The van der Waals surface area contributed by atoms with Crippen LogP contribution in [0.4, 0.5) is 0 Å². The molecule has 0 bridgehead atoms. The van der Waals surface area contributed by atoms with E-state index in [2.05, 4.69) is 0 Å². The lowest BCUT2D eigenvalue weighted by Gasteiger charge is -2.32. The summed E-state index contributed by atoms with van der Waals surface area (Å²) in [6.45, 7) is 1.65. The number of carbonyl (C=O) groups is 1. The Bertz CT molecular complexity index is 379. The summed E-state index contributed by atoms with van der Waals surface area (Å²) in [5, 5.41) is 9.81. The topological polar surface area (TPSA) is 40.5 Å². The van der Waals surface area contributed by atoms with E-state index in [1.165, 1.54) is 0 Å². The van der Waals surface area contributed by atoms with Gasteiger partial charge in [-0.1, -0.05) is 23.7 Å². The smallest absolute Gasteiger partial charge is 0.328 e. The first kappa shape index (κ1) is 12.0. The summed E-state index contributed by atoms with van der Waals surface area (Å²) in [5.74, 6) is -0.894. The van der Waals surface area contributed by atoms with Gasteiger partial charge in [0.15, 0.2) is 0 Å². The summed E-state index contributed by atoms with van der Waals surface area (Å²) in [6.07, 6.45) is 0. The molecule has 1 aromatic rings. The quantitative estimate of drug-likeness (QED) is 0.861. The van der Waals surface area contributed by atoms with Crippen molar-refractivity contribution in [3.05, 3.63) is 34.9 Å². The van der Waals surface area contributed by atoms with Crippen LogP contribution in [-0.2, 0) is 10.3 Å². The Morgan fingerprint density at radius 2 is 2.07 bits per heavy atom. The molecule has 0 aliphatic carbocycles. The Labute approximate surface area is 94.3 Å². The van der Waals surface area contributed by atoms with E-state index in [0.717, 1.165) is 0 Å². The molecule has 0 spiro atoms. The molecule has 82 valence electrons. The van der Waals surface area contributed by atoms with E-state index in [1.54, 1.807) is 50.2 Å². The van der Waals surface area contributed by atoms with Gasteiger partial charge in [0.2, 0.25) is 0 Å². The number of likely N-dealkylation sites (N-methyl/N-ethyl adjacent to an activating group) is 1. The molecule has 15 heavy (non-hydrogen) atoms. The van der Waals surface area contributed by atoms with E-state index >= 15 is 0 Å². The van der Waals surface area contributed by atoms with E-state index < -0.39 is 11.5 Å². The minimum absolute atomic E-state index is 0.543. The maximum atomic E-state index is 11.3. The van der Waals surface area contributed by atoms with Crippen LogP contribution in [0, 0.1) is 0 Å². The molecule has 1 aromatic carbocycles. The number of hydrogen-bond donors (Lipinski definition) is 1. The van der Waals surface area contributed by atoms with Crippen LogP contribution in [-0.4, -0.2) is 30.1 Å². The third-order valence-electron chi connectivity index (χ3n) is 2.70. The van der Waals surface area contributed by atoms with Crippen molar-refractivity contribution in [3.63, 3.8) is 0 Å². The number of halogens is 1. The van der Waals surface area contributed by atoms with E-state index in [-0.39, 0.29) is 0 Å². The predicted molar refractivity (Wildman–Crippen MR) is 60.1 cm³/mol. The lowest BCUT2D eigenvalue weighted by molar-refractivity contribution is -0.149. The summed E-state index contributed by atoms with van der Waals surface area (Å²) < 4.78 is 0. The van der Waals surface area contributed by atoms with Crippen LogP contribution in [0.2, 0.25) is 5.02 Å². The van der Waals surface area contributed by atoms with E-state index in [4.69, 9.17) is 11.6 Å². The van der Waals surface area contributed by atoms with Crippen LogP contribution >= 0.6 is 11.6 Å². The molecule has 1 rings (SSSR count).